The van der Waals surface area contributed by atoms with E-state index < -0.39 is 0 Å². The third kappa shape index (κ3) is 6.39. The van der Waals surface area contributed by atoms with E-state index in [1.54, 1.807) is 6.20 Å². The predicted octanol–water partition coefficient (Wildman–Crippen LogP) is 4.22. The van der Waals surface area contributed by atoms with Crippen molar-refractivity contribution in [1.82, 2.24) is 19.7 Å². The highest BCUT2D eigenvalue weighted by molar-refractivity contribution is 5.96. The second kappa shape index (κ2) is 12.2. The number of carbonyl (C=O) groups is 2. The van der Waals surface area contributed by atoms with Crippen molar-refractivity contribution in [3.05, 3.63) is 65.0 Å². The minimum atomic E-state index is 0.0698. The van der Waals surface area contributed by atoms with Crippen LogP contribution < -0.4 is 0 Å². The highest BCUT2D eigenvalue weighted by Crippen LogP contribution is 2.33. The van der Waals surface area contributed by atoms with Gasteiger partial charge in [0.2, 0.25) is 5.91 Å². The van der Waals surface area contributed by atoms with Crippen LogP contribution in [0, 0.1) is 13.8 Å². The molecule has 4 rings (SSSR count). The Kier molecular flexibility index (Phi) is 8.98. The molecule has 0 aliphatic carbocycles. The number of aromatic nitrogens is 1. The van der Waals surface area contributed by atoms with Gasteiger partial charge in [0.25, 0.3) is 5.91 Å². The molecule has 2 aliphatic rings. The topological polar surface area (TPSA) is 66.0 Å². The maximum Gasteiger partial charge on any atom is 0.255 e. The Morgan fingerprint density at radius 1 is 1.05 bits per heavy atom. The molecule has 200 valence electrons. The number of likely N-dealkylation sites (tertiary alicyclic amines) is 2. The number of hydrogen-bond donors (Lipinski definition) is 0. The second-order valence-corrected chi connectivity index (χ2v) is 10.7. The summed E-state index contributed by atoms with van der Waals surface area (Å²) in [5, 5.41) is 0. The van der Waals surface area contributed by atoms with Crippen LogP contribution in [0.2, 0.25) is 0 Å². The van der Waals surface area contributed by atoms with Gasteiger partial charge in [0.1, 0.15) is 6.61 Å². The molecule has 0 bridgehead atoms. The van der Waals surface area contributed by atoms with Gasteiger partial charge in [0.05, 0.1) is 11.3 Å². The van der Waals surface area contributed by atoms with Crippen LogP contribution >= 0.6 is 0 Å². The number of aryl methyl sites for hydroxylation is 2. The second-order valence-electron chi connectivity index (χ2n) is 10.7. The van der Waals surface area contributed by atoms with Gasteiger partial charge in [-0.05, 0) is 70.6 Å². The Labute approximate surface area is 221 Å². The number of amides is 2. The number of benzene rings is 1. The molecule has 0 radical (unpaired) electrons. The molecule has 1 aromatic carbocycles. The van der Waals surface area contributed by atoms with Crippen LogP contribution in [0.5, 0.6) is 0 Å². The van der Waals surface area contributed by atoms with E-state index in [1.807, 2.05) is 54.8 Å². The van der Waals surface area contributed by atoms with Crippen LogP contribution in [-0.2, 0) is 16.1 Å². The standard InChI is InChI=1S/C30H42N4O3/c1-5-37-22-27(35)34(21-25-9-7-6-8-10-25)26-12-17-33(18-13-26)30(4)14-19-32(20-15-30)29(36)28-23(2)11-16-31-24(28)3/h6-11,16,26H,5,12-15,17-22H2,1-4H3. The van der Waals surface area contributed by atoms with Crippen molar-refractivity contribution in [2.24, 2.45) is 0 Å². The van der Waals surface area contributed by atoms with Crippen molar-refractivity contribution in [2.75, 3.05) is 39.4 Å². The first kappa shape index (κ1) is 27.3. The number of ether oxygens (including phenoxy) is 1. The summed E-state index contributed by atoms with van der Waals surface area (Å²) in [6.45, 7) is 12.9. The molecular weight excluding hydrogens is 464 g/mol. The number of rotatable bonds is 8. The first-order valence-electron chi connectivity index (χ1n) is 13.7. The summed E-state index contributed by atoms with van der Waals surface area (Å²) < 4.78 is 5.48. The molecule has 0 atom stereocenters. The summed E-state index contributed by atoms with van der Waals surface area (Å²) in [7, 11) is 0. The van der Waals surface area contributed by atoms with E-state index in [1.165, 1.54) is 0 Å². The molecule has 2 aliphatic heterocycles. The lowest BCUT2D eigenvalue weighted by Gasteiger charge is -2.50. The van der Waals surface area contributed by atoms with Crippen LogP contribution in [0.15, 0.2) is 42.6 Å². The van der Waals surface area contributed by atoms with Gasteiger partial charge in [-0.15, -0.1) is 0 Å². The first-order chi connectivity index (χ1) is 17.8. The Balaban J connectivity index is 1.35. The molecule has 0 N–H and O–H groups in total. The van der Waals surface area contributed by atoms with E-state index in [4.69, 9.17) is 4.74 Å². The first-order valence-corrected chi connectivity index (χ1v) is 13.7. The van der Waals surface area contributed by atoms with Gasteiger partial charge in [0, 0.05) is 57.1 Å². The Hall–Kier alpha value is -2.77. The lowest BCUT2D eigenvalue weighted by Crippen LogP contribution is -2.58. The van der Waals surface area contributed by atoms with Crippen molar-refractivity contribution in [3.63, 3.8) is 0 Å². The number of pyridine rings is 1. The molecule has 2 saturated heterocycles. The fourth-order valence-electron chi connectivity index (χ4n) is 5.87. The fraction of sp³-hybridized carbons (Fsp3) is 0.567. The molecule has 2 amide bonds. The zero-order chi connectivity index (χ0) is 26.4. The van der Waals surface area contributed by atoms with Gasteiger partial charge >= 0.3 is 0 Å². The van der Waals surface area contributed by atoms with Gasteiger partial charge in [-0.2, -0.15) is 0 Å². The van der Waals surface area contributed by atoms with Gasteiger partial charge in [-0.25, -0.2) is 0 Å². The van der Waals surface area contributed by atoms with Crippen LogP contribution in [0.1, 0.15) is 66.7 Å². The van der Waals surface area contributed by atoms with Crippen LogP contribution in [0.25, 0.3) is 0 Å². The molecule has 1 aromatic heterocycles. The summed E-state index contributed by atoms with van der Waals surface area (Å²) in [4.78, 5) is 37.3. The fourth-order valence-corrected chi connectivity index (χ4v) is 5.87. The summed E-state index contributed by atoms with van der Waals surface area (Å²) in [6, 6.07) is 12.4. The molecule has 2 fully saturated rings. The third-order valence-electron chi connectivity index (χ3n) is 8.30. The molecule has 3 heterocycles. The minimum absolute atomic E-state index is 0.0698. The largest absolute Gasteiger partial charge is 0.372 e. The summed E-state index contributed by atoms with van der Waals surface area (Å²) >= 11 is 0. The minimum Gasteiger partial charge on any atom is -0.372 e. The number of hydrogen-bond acceptors (Lipinski definition) is 5. The lowest BCUT2D eigenvalue weighted by molar-refractivity contribution is -0.140. The quantitative estimate of drug-likeness (QED) is 0.536. The SMILES string of the molecule is CCOCC(=O)N(Cc1ccccc1)C1CCN(C2(C)CCN(C(=O)c3c(C)ccnc3C)CC2)CC1. The zero-order valence-corrected chi connectivity index (χ0v) is 22.9. The van der Waals surface area contributed by atoms with Crippen LogP contribution in [-0.4, -0.2) is 82.5 Å². The van der Waals surface area contributed by atoms with E-state index in [0.717, 1.165) is 74.2 Å². The van der Waals surface area contributed by atoms with Crippen molar-refractivity contribution < 1.29 is 14.3 Å². The molecule has 0 saturated carbocycles. The van der Waals surface area contributed by atoms with E-state index in [-0.39, 0.29) is 30.0 Å². The van der Waals surface area contributed by atoms with E-state index >= 15 is 0 Å². The maximum absolute atomic E-state index is 13.3. The molecular formula is C30H42N4O3. The van der Waals surface area contributed by atoms with Gasteiger partial charge in [-0.3, -0.25) is 19.5 Å². The van der Waals surface area contributed by atoms with Gasteiger partial charge < -0.3 is 14.5 Å². The smallest absolute Gasteiger partial charge is 0.255 e. The molecule has 37 heavy (non-hydrogen) atoms. The van der Waals surface area contributed by atoms with Gasteiger partial charge in [0.15, 0.2) is 0 Å². The van der Waals surface area contributed by atoms with Crippen molar-refractivity contribution in [3.8, 4) is 0 Å². The average Bonchev–Trinajstić information content (AvgIpc) is 2.91. The monoisotopic (exact) mass is 506 g/mol. The highest BCUT2D eigenvalue weighted by Gasteiger charge is 2.40. The number of carbonyl (C=O) groups excluding carboxylic acids is 2. The summed E-state index contributed by atoms with van der Waals surface area (Å²) in [5.74, 6) is 0.177. The normalized spacial score (nSPS) is 18.5. The van der Waals surface area contributed by atoms with Crippen molar-refractivity contribution in [1.29, 1.82) is 0 Å². The van der Waals surface area contributed by atoms with E-state index in [2.05, 4.69) is 28.9 Å². The van der Waals surface area contributed by atoms with E-state index in [9.17, 15) is 9.59 Å². The van der Waals surface area contributed by atoms with Crippen LogP contribution in [0.4, 0.5) is 0 Å². The zero-order valence-electron chi connectivity index (χ0n) is 22.9. The molecule has 0 unspecified atom stereocenters. The molecule has 2 aromatic rings. The summed E-state index contributed by atoms with van der Waals surface area (Å²) in [5.41, 5.74) is 3.77. The van der Waals surface area contributed by atoms with Crippen molar-refractivity contribution in [2.45, 2.75) is 71.5 Å². The lowest BCUT2D eigenvalue weighted by atomic mass is 9.85. The number of piperidine rings is 2. The average molecular weight is 507 g/mol. The molecule has 7 nitrogen and oxygen atoms in total. The van der Waals surface area contributed by atoms with Gasteiger partial charge in [-0.1, -0.05) is 30.3 Å². The number of nitrogens with zero attached hydrogens (tertiary/aromatic N) is 4. The molecule has 7 heteroatoms. The highest BCUT2D eigenvalue weighted by atomic mass is 16.5. The summed E-state index contributed by atoms with van der Waals surface area (Å²) in [6.07, 6.45) is 5.59. The Morgan fingerprint density at radius 2 is 1.73 bits per heavy atom. The maximum atomic E-state index is 13.3. The predicted molar refractivity (Wildman–Crippen MR) is 145 cm³/mol. The van der Waals surface area contributed by atoms with Crippen molar-refractivity contribution >= 4 is 11.8 Å². The third-order valence-corrected chi connectivity index (χ3v) is 8.30. The Morgan fingerprint density at radius 3 is 2.35 bits per heavy atom. The van der Waals surface area contributed by atoms with E-state index in [0.29, 0.717) is 13.2 Å². The molecule has 0 spiro atoms. The Bertz CT molecular complexity index is 1040. The van der Waals surface area contributed by atoms with Crippen LogP contribution in [0.3, 0.4) is 0 Å².